The van der Waals surface area contributed by atoms with Crippen molar-refractivity contribution in [2.75, 3.05) is 5.73 Å². The number of rotatable bonds is 5. The van der Waals surface area contributed by atoms with Gasteiger partial charge in [0, 0.05) is 17.5 Å². The van der Waals surface area contributed by atoms with Crippen LogP contribution in [0.1, 0.15) is 30.5 Å². The second kappa shape index (κ2) is 7.49. The monoisotopic (exact) mass is 354 g/mol. The van der Waals surface area contributed by atoms with Crippen LogP contribution in [-0.2, 0) is 6.42 Å². The zero-order chi connectivity index (χ0) is 17.8. The van der Waals surface area contributed by atoms with Crippen molar-refractivity contribution in [2.24, 2.45) is 0 Å². The minimum absolute atomic E-state index is 0.191. The number of H-pyrrole nitrogens is 1. The number of nitrogens with zero attached hydrogens (tertiary/aromatic N) is 2. The molecule has 2 heterocycles. The number of aromatic amines is 1. The zero-order valence-electron chi connectivity index (χ0n) is 13.9. The third-order valence-corrected chi connectivity index (χ3v) is 4.48. The highest BCUT2D eigenvalue weighted by atomic mass is 35.5. The molecule has 5 nitrogen and oxygen atoms in total. The number of anilines is 1. The third-order valence-electron chi connectivity index (χ3n) is 4.18. The number of benzene rings is 1. The highest BCUT2D eigenvalue weighted by Crippen LogP contribution is 2.30. The van der Waals surface area contributed by atoms with E-state index in [-0.39, 0.29) is 11.5 Å². The van der Waals surface area contributed by atoms with Crippen LogP contribution in [0.3, 0.4) is 0 Å². The lowest BCUT2D eigenvalue weighted by molar-refractivity contribution is 0.646. The predicted octanol–water partition coefficient (Wildman–Crippen LogP) is 3.80. The lowest BCUT2D eigenvalue weighted by Gasteiger charge is -2.14. The standard InChI is InChI=1S/C19H19ClN4O/c1-12(16-9-10-17(25)24-23-16)7-8-14-11-15(20)19(21)22-18(14)13-5-3-2-4-6-13/h2-6,9-12H,7-8H2,1H3,(H2,21,22)(H,24,25). The highest BCUT2D eigenvalue weighted by molar-refractivity contribution is 6.32. The van der Waals surface area contributed by atoms with Gasteiger partial charge in [-0.25, -0.2) is 10.1 Å². The van der Waals surface area contributed by atoms with Crippen molar-refractivity contribution in [2.45, 2.75) is 25.7 Å². The summed E-state index contributed by atoms with van der Waals surface area (Å²) in [6.45, 7) is 2.08. The molecular formula is C19H19ClN4O. The Morgan fingerprint density at radius 3 is 2.64 bits per heavy atom. The van der Waals surface area contributed by atoms with E-state index in [1.165, 1.54) is 6.07 Å². The molecular weight excluding hydrogens is 336 g/mol. The number of aromatic nitrogens is 3. The Kier molecular flexibility index (Phi) is 5.14. The molecule has 2 aromatic heterocycles. The van der Waals surface area contributed by atoms with Crippen LogP contribution >= 0.6 is 11.6 Å². The molecule has 0 fully saturated rings. The third kappa shape index (κ3) is 4.06. The maximum Gasteiger partial charge on any atom is 0.264 e. The first-order valence-corrected chi connectivity index (χ1v) is 8.48. The maximum atomic E-state index is 11.1. The van der Waals surface area contributed by atoms with Gasteiger partial charge < -0.3 is 5.73 Å². The minimum atomic E-state index is -0.197. The maximum absolute atomic E-state index is 11.1. The lowest BCUT2D eigenvalue weighted by Crippen LogP contribution is -2.10. The van der Waals surface area contributed by atoms with Gasteiger partial charge in [0.25, 0.3) is 5.56 Å². The summed E-state index contributed by atoms with van der Waals surface area (Å²) in [7, 11) is 0. The molecule has 3 N–H and O–H groups in total. The highest BCUT2D eigenvalue weighted by Gasteiger charge is 2.14. The summed E-state index contributed by atoms with van der Waals surface area (Å²) in [5.41, 5.74) is 9.46. The van der Waals surface area contributed by atoms with Crippen molar-refractivity contribution in [3.63, 3.8) is 0 Å². The van der Waals surface area contributed by atoms with Gasteiger partial charge in [0.2, 0.25) is 0 Å². The van der Waals surface area contributed by atoms with Crippen LogP contribution in [0, 0.1) is 0 Å². The summed E-state index contributed by atoms with van der Waals surface area (Å²) in [5.74, 6) is 0.524. The Labute approximate surface area is 150 Å². The molecule has 1 atom stereocenters. The van der Waals surface area contributed by atoms with Gasteiger partial charge in [-0.15, -0.1) is 0 Å². The molecule has 0 aliphatic carbocycles. The van der Waals surface area contributed by atoms with Crippen molar-refractivity contribution in [1.82, 2.24) is 15.2 Å². The fraction of sp³-hybridized carbons (Fsp3) is 0.211. The summed E-state index contributed by atoms with van der Waals surface area (Å²) in [6, 6.07) is 15.1. The largest absolute Gasteiger partial charge is 0.382 e. The quantitative estimate of drug-likeness (QED) is 0.729. The summed E-state index contributed by atoms with van der Waals surface area (Å²) < 4.78 is 0. The van der Waals surface area contributed by atoms with E-state index in [0.29, 0.717) is 10.8 Å². The molecule has 0 saturated carbocycles. The van der Waals surface area contributed by atoms with Gasteiger partial charge in [0.1, 0.15) is 5.82 Å². The fourth-order valence-electron chi connectivity index (χ4n) is 2.73. The average Bonchev–Trinajstić information content (AvgIpc) is 2.63. The van der Waals surface area contributed by atoms with Gasteiger partial charge in [-0.1, -0.05) is 48.9 Å². The van der Waals surface area contributed by atoms with Crippen LogP contribution in [-0.4, -0.2) is 15.2 Å². The number of aryl methyl sites for hydroxylation is 1. The van der Waals surface area contributed by atoms with Gasteiger partial charge in [0.05, 0.1) is 16.4 Å². The second-order valence-corrected chi connectivity index (χ2v) is 6.42. The normalized spacial score (nSPS) is 12.1. The van der Waals surface area contributed by atoms with Crippen molar-refractivity contribution in [1.29, 1.82) is 0 Å². The molecule has 25 heavy (non-hydrogen) atoms. The molecule has 0 bridgehead atoms. The zero-order valence-corrected chi connectivity index (χ0v) is 14.6. The van der Waals surface area contributed by atoms with Crippen LogP contribution in [0.5, 0.6) is 0 Å². The van der Waals surface area contributed by atoms with Crippen LogP contribution < -0.4 is 11.3 Å². The SMILES string of the molecule is CC(CCc1cc(Cl)c(N)nc1-c1ccccc1)c1ccc(=O)[nH]n1. The first-order valence-electron chi connectivity index (χ1n) is 8.10. The summed E-state index contributed by atoms with van der Waals surface area (Å²) >= 11 is 6.18. The number of hydrogen-bond acceptors (Lipinski definition) is 4. The van der Waals surface area contributed by atoms with E-state index in [1.807, 2.05) is 36.4 Å². The molecule has 3 rings (SSSR count). The topological polar surface area (TPSA) is 84.7 Å². The van der Waals surface area contributed by atoms with E-state index >= 15 is 0 Å². The molecule has 0 amide bonds. The minimum Gasteiger partial charge on any atom is -0.382 e. The van der Waals surface area contributed by atoms with E-state index in [1.54, 1.807) is 6.07 Å². The number of hydrogen-bond donors (Lipinski definition) is 2. The summed E-state index contributed by atoms with van der Waals surface area (Å²) in [6.07, 6.45) is 1.63. The Morgan fingerprint density at radius 2 is 1.96 bits per heavy atom. The summed E-state index contributed by atoms with van der Waals surface area (Å²) in [5, 5.41) is 7.04. The van der Waals surface area contributed by atoms with Gasteiger partial charge in [-0.05, 0) is 30.5 Å². The number of nitrogens with one attached hydrogen (secondary N) is 1. The van der Waals surface area contributed by atoms with Crippen LogP contribution in [0.2, 0.25) is 5.02 Å². The van der Waals surface area contributed by atoms with Crippen molar-refractivity contribution in [3.05, 3.63) is 75.2 Å². The second-order valence-electron chi connectivity index (χ2n) is 6.01. The predicted molar refractivity (Wildman–Crippen MR) is 101 cm³/mol. The van der Waals surface area contributed by atoms with Gasteiger partial charge in [-0.2, -0.15) is 5.10 Å². The Hall–Kier alpha value is -2.66. The van der Waals surface area contributed by atoms with Crippen LogP contribution in [0.4, 0.5) is 5.82 Å². The van der Waals surface area contributed by atoms with Crippen LogP contribution in [0.15, 0.2) is 53.3 Å². The van der Waals surface area contributed by atoms with Crippen LogP contribution in [0.25, 0.3) is 11.3 Å². The molecule has 0 saturated heterocycles. The number of nitrogen functional groups attached to an aromatic ring is 1. The Balaban J connectivity index is 1.85. The number of nitrogens with two attached hydrogens (primary N) is 1. The molecule has 1 unspecified atom stereocenters. The van der Waals surface area contributed by atoms with Crippen molar-refractivity contribution in [3.8, 4) is 11.3 Å². The smallest absolute Gasteiger partial charge is 0.264 e. The average molecular weight is 355 g/mol. The van der Waals surface area contributed by atoms with Crippen molar-refractivity contribution < 1.29 is 0 Å². The van der Waals surface area contributed by atoms with Gasteiger partial charge in [0.15, 0.2) is 0 Å². The molecule has 0 spiro atoms. The Morgan fingerprint density at radius 1 is 1.20 bits per heavy atom. The molecule has 6 heteroatoms. The molecule has 1 aromatic carbocycles. The molecule has 128 valence electrons. The lowest BCUT2D eigenvalue weighted by atomic mass is 9.95. The summed E-state index contributed by atoms with van der Waals surface area (Å²) in [4.78, 5) is 15.6. The molecule has 0 aliphatic heterocycles. The first kappa shape index (κ1) is 17.2. The first-order chi connectivity index (χ1) is 12.0. The number of pyridine rings is 1. The fourth-order valence-corrected chi connectivity index (χ4v) is 2.90. The van der Waals surface area contributed by atoms with Gasteiger partial charge in [-0.3, -0.25) is 4.79 Å². The molecule has 0 radical (unpaired) electrons. The number of halogens is 1. The van der Waals surface area contributed by atoms with Crippen molar-refractivity contribution >= 4 is 17.4 Å². The molecule has 0 aliphatic rings. The van der Waals surface area contributed by atoms with E-state index in [4.69, 9.17) is 17.3 Å². The van der Waals surface area contributed by atoms with E-state index in [0.717, 1.165) is 35.4 Å². The molecule has 3 aromatic rings. The van der Waals surface area contributed by atoms with E-state index in [9.17, 15) is 4.79 Å². The van der Waals surface area contributed by atoms with Gasteiger partial charge >= 0.3 is 0 Å². The van der Waals surface area contributed by atoms with E-state index < -0.39 is 0 Å². The van der Waals surface area contributed by atoms with E-state index in [2.05, 4.69) is 22.1 Å². The Bertz CT molecular complexity index is 904.